The van der Waals surface area contributed by atoms with Crippen molar-refractivity contribution in [2.75, 3.05) is 6.54 Å². The minimum atomic E-state index is -0.831. The zero-order valence-electron chi connectivity index (χ0n) is 10.7. The lowest BCUT2D eigenvalue weighted by Crippen LogP contribution is -2.36. The zero-order chi connectivity index (χ0) is 12.3. The van der Waals surface area contributed by atoms with Crippen molar-refractivity contribution in [2.45, 2.75) is 39.7 Å². The molecule has 0 aliphatic heterocycles. The fourth-order valence-electron chi connectivity index (χ4n) is 2.09. The highest BCUT2D eigenvalue weighted by Crippen LogP contribution is 2.31. The first-order valence-electron chi connectivity index (χ1n) is 5.93. The minimum absolute atomic E-state index is 0.106. The molecule has 16 heavy (non-hydrogen) atoms. The first-order chi connectivity index (χ1) is 7.43. The van der Waals surface area contributed by atoms with E-state index in [4.69, 9.17) is 5.73 Å². The fraction of sp³-hybridized carbons (Fsp3) is 0.571. The second-order valence-corrected chi connectivity index (χ2v) is 4.79. The number of aryl methyl sites for hydroxylation is 2. The molecule has 0 radical (unpaired) electrons. The van der Waals surface area contributed by atoms with Gasteiger partial charge in [0, 0.05) is 5.92 Å². The van der Waals surface area contributed by atoms with Crippen LogP contribution in [-0.4, -0.2) is 11.7 Å². The quantitative estimate of drug-likeness (QED) is 0.820. The van der Waals surface area contributed by atoms with Crippen LogP contribution in [0.2, 0.25) is 0 Å². The van der Waals surface area contributed by atoms with E-state index in [2.05, 4.69) is 32.9 Å². The SMILES string of the molecule is CCC(CN)C(C)(O)c1ccc(C)c(C)c1. The standard InChI is InChI=1S/C14H23NO/c1-5-12(9-15)14(4,16)13-7-6-10(2)11(3)8-13/h6-8,12,16H,5,9,15H2,1-4H3. The van der Waals surface area contributed by atoms with Gasteiger partial charge in [0.05, 0.1) is 5.60 Å². The van der Waals surface area contributed by atoms with Crippen molar-refractivity contribution in [3.05, 3.63) is 34.9 Å². The van der Waals surface area contributed by atoms with Crippen molar-refractivity contribution >= 4 is 0 Å². The second-order valence-electron chi connectivity index (χ2n) is 4.79. The number of aliphatic hydroxyl groups is 1. The molecule has 1 rings (SSSR count). The summed E-state index contributed by atoms with van der Waals surface area (Å²) in [4.78, 5) is 0. The smallest absolute Gasteiger partial charge is 0.0908 e. The summed E-state index contributed by atoms with van der Waals surface area (Å²) in [6.07, 6.45) is 0.885. The molecule has 2 atom stereocenters. The van der Waals surface area contributed by atoms with Gasteiger partial charge in [-0.1, -0.05) is 25.1 Å². The molecule has 0 fully saturated rings. The molecule has 0 spiro atoms. The highest BCUT2D eigenvalue weighted by atomic mass is 16.3. The highest BCUT2D eigenvalue weighted by Gasteiger charge is 2.31. The molecule has 2 nitrogen and oxygen atoms in total. The van der Waals surface area contributed by atoms with E-state index in [0.717, 1.165) is 12.0 Å². The van der Waals surface area contributed by atoms with Gasteiger partial charge in [-0.3, -0.25) is 0 Å². The van der Waals surface area contributed by atoms with Gasteiger partial charge in [0.25, 0.3) is 0 Å². The fourth-order valence-corrected chi connectivity index (χ4v) is 2.09. The summed E-state index contributed by atoms with van der Waals surface area (Å²) in [5.74, 6) is 0.106. The Morgan fingerprint density at radius 3 is 2.38 bits per heavy atom. The van der Waals surface area contributed by atoms with Crippen LogP contribution in [0.1, 0.15) is 37.0 Å². The molecule has 2 unspecified atom stereocenters. The van der Waals surface area contributed by atoms with E-state index in [0.29, 0.717) is 6.54 Å². The lowest BCUT2D eigenvalue weighted by atomic mass is 9.80. The van der Waals surface area contributed by atoms with Crippen LogP contribution >= 0.6 is 0 Å². The molecule has 1 aromatic rings. The molecule has 0 heterocycles. The van der Waals surface area contributed by atoms with Crippen molar-refractivity contribution < 1.29 is 5.11 Å². The van der Waals surface area contributed by atoms with Crippen molar-refractivity contribution in [1.29, 1.82) is 0 Å². The number of nitrogens with two attached hydrogens (primary N) is 1. The van der Waals surface area contributed by atoms with Crippen molar-refractivity contribution in [3.63, 3.8) is 0 Å². The van der Waals surface area contributed by atoms with E-state index in [-0.39, 0.29) is 5.92 Å². The molecular weight excluding hydrogens is 198 g/mol. The van der Waals surface area contributed by atoms with Crippen LogP contribution in [0.3, 0.4) is 0 Å². The normalized spacial score (nSPS) is 16.9. The number of hydrogen-bond donors (Lipinski definition) is 2. The Hall–Kier alpha value is -0.860. The third-order valence-corrected chi connectivity index (χ3v) is 3.66. The molecule has 0 aromatic heterocycles. The monoisotopic (exact) mass is 221 g/mol. The molecule has 0 aliphatic rings. The van der Waals surface area contributed by atoms with Gasteiger partial charge < -0.3 is 10.8 Å². The Labute approximate surface area is 98.5 Å². The average molecular weight is 221 g/mol. The summed E-state index contributed by atoms with van der Waals surface area (Å²) < 4.78 is 0. The van der Waals surface area contributed by atoms with Gasteiger partial charge >= 0.3 is 0 Å². The van der Waals surface area contributed by atoms with Crippen LogP contribution in [-0.2, 0) is 5.60 Å². The summed E-state index contributed by atoms with van der Waals surface area (Å²) in [7, 11) is 0. The molecule has 0 saturated heterocycles. The van der Waals surface area contributed by atoms with Gasteiger partial charge in [0.1, 0.15) is 0 Å². The predicted octanol–water partition coefficient (Wildman–Crippen LogP) is 2.50. The van der Waals surface area contributed by atoms with Crippen LogP contribution in [0.4, 0.5) is 0 Å². The Morgan fingerprint density at radius 1 is 1.31 bits per heavy atom. The lowest BCUT2D eigenvalue weighted by molar-refractivity contribution is -0.00408. The largest absolute Gasteiger partial charge is 0.385 e. The number of rotatable bonds is 4. The topological polar surface area (TPSA) is 46.2 Å². The van der Waals surface area contributed by atoms with E-state index in [1.54, 1.807) is 0 Å². The maximum Gasteiger partial charge on any atom is 0.0908 e. The van der Waals surface area contributed by atoms with Crippen LogP contribution in [0.15, 0.2) is 18.2 Å². The summed E-state index contributed by atoms with van der Waals surface area (Å²) in [6.45, 7) is 8.58. The summed E-state index contributed by atoms with van der Waals surface area (Å²) >= 11 is 0. The Bertz CT molecular complexity index is 354. The number of benzene rings is 1. The summed E-state index contributed by atoms with van der Waals surface area (Å²) in [5.41, 5.74) is 8.31. The minimum Gasteiger partial charge on any atom is -0.385 e. The molecule has 3 N–H and O–H groups in total. The second kappa shape index (κ2) is 4.98. The maximum absolute atomic E-state index is 10.6. The van der Waals surface area contributed by atoms with Gasteiger partial charge in [0.15, 0.2) is 0 Å². The summed E-state index contributed by atoms with van der Waals surface area (Å²) in [5, 5.41) is 10.6. The van der Waals surface area contributed by atoms with Gasteiger partial charge in [-0.25, -0.2) is 0 Å². The van der Waals surface area contributed by atoms with E-state index in [1.165, 1.54) is 11.1 Å². The van der Waals surface area contributed by atoms with Crippen LogP contribution < -0.4 is 5.73 Å². The van der Waals surface area contributed by atoms with Crippen molar-refractivity contribution in [2.24, 2.45) is 11.7 Å². The molecule has 90 valence electrons. The van der Waals surface area contributed by atoms with Crippen LogP contribution in [0, 0.1) is 19.8 Å². The molecule has 0 saturated carbocycles. The van der Waals surface area contributed by atoms with E-state index in [9.17, 15) is 5.11 Å². The Balaban J connectivity index is 3.10. The van der Waals surface area contributed by atoms with E-state index >= 15 is 0 Å². The van der Waals surface area contributed by atoms with Gasteiger partial charge in [-0.2, -0.15) is 0 Å². The van der Waals surface area contributed by atoms with E-state index in [1.807, 2.05) is 13.0 Å². The molecule has 0 aliphatic carbocycles. The first kappa shape index (κ1) is 13.2. The molecule has 1 aromatic carbocycles. The molecule has 0 bridgehead atoms. The highest BCUT2D eigenvalue weighted by molar-refractivity contribution is 5.33. The van der Waals surface area contributed by atoms with Crippen molar-refractivity contribution in [1.82, 2.24) is 0 Å². The zero-order valence-corrected chi connectivity index (χ0v) is 10.7. The molecular formula is C14H23NO. The van der Waals surface area contributed by atoms with Gasteiger partial charge in [-0.05, 0) is 50.4 Å². The Morgan fingerprint density at radius 2 is 1.94 bits per heavy atom. The third kappa shape index (κ3) is 2.45. The maximum atomic E-state index is 10.6. The molecule has 0 amide bonds. The van der Waals surface area contributed by atoms with Crippen molar-refractivity contribution in [3.8, 4) is 0 Å². The number of hydrogen-bond acceptors (Lipinski definition) is 2. The predicted molar refractivity (Wildman–Crippen MR) is 68.3 cm³/mol. The van der Waals surface area contributed by atoms with E-state index < -0.39 is 5.60 Å². The van der Waals surface area contributed by atoms with Gasteiger partial charge in [0.2, 0.25) is 0 Å². The third-order valence-electron chi connectivity index (χ3n) is 3.66. The van der Waals surface area contributed by atoms with Crippen LogP contribution in [0.5, 0.6) is 0 Å². The van der Waals surface area contributed by atoms with Crippen LogP contribution in [0.25, 0.3) is 0 Å². The lowest BCUT2D eigenvalue weighted by Gasteiger charge is -2.32. The Kier molecular flexibility index (Phi) is 4.11. The first-order valence-corrected chi connectivity index (χ1v) is 5.93. The molecule has 2 heteroatoms. The summed E-state index contributed by atoms with van der Waals surface area (Å²) in [6, 6.07) is 6.12. The average Bonchev–Trinajstić information content (AvgIpc) is 2.23. The van der Waals surface area contributed by atoms with Gasteiger partial charge in [-0.15, -0.1) is 0 Å².